The number of rotatable bonds is 7. The zero-order valence-electron chi connectivity index (χ0n) is 19.0. The van der Waals surface area contributed by atoms with Crippen LogP contribution in [0, 0.1) is 0 Å². The highest BCUT2D eigenvalue weighted by Gasteiger charge is 2.20. The number of carbonyl (C=O) groups is 1. The summed E-state index contributed by atoms with van der Waals surface area (Å²) in [6, 6.07) is 36.3. The van der Waals surface area contributed by atoms with Crippen molar-refractivity contribution in [1.82, 2.24) is 9.55 Å². The summed E-state index contributed by atoms with van der Waals surface area (Å²) in [5.41, 5.74) is 3.09. The van der Waals surface area contributed by atoms with Crippen LogP contribution in [0.1, 0.15) is 5.56 Å². The van der Waals surface area contributed by atoms with E-state index in [2.05, 4.69) is 0 Å². The molecule has 0 saturated heterocycles. The van der Waals surface area contributed by atoms with Gasteiger partial charge in [0.2, 0.25) is 5.91 Å². The van der Waals surface area contributed by atoms with Crippen LogP contribution in [-0.2, 0) is 11.3 Å². The summed E-state index contributed by atoms with van der Waals surface area (Å²) in [7, 11) is 0. The van der Waals surface area contributed by atoms with Crippen molar-refractivity contribution < 1.29 is 4.79 Å². The summed E-state index contributed by atoms with van der Waals surface area (Å²) < 4.78 is 1.66. The maximum atomic E-state index is 13.5. The van der Waals surface area contributed by atoms with Crippen molar-refractivity contribution in [3.63, 3.8) is 0 Å². The Hall–Kier alpha value is -4.16. The number of aromatic nitrogens is 2. The first-order valence-corrected chi connectivity index (χ1v) is 12.3. The van der Waals surface area contributed by atoms with Gasteiger partial charge in [-0.25, -0.2) is 4.98 Å². The van der Waals surface area contributed by atoms with E-state index in [9.17, 15) is 9.59 Å². The van der Waals surface area contributed by atoms with E-state index in [-0.39, 0.29) is 17.2 Å². The quantitative estimate of drug-likeness (QED) is 0.216. The molecule has 0 bridgehead atoms. The van der Waals surface area contributed by atoms with Crippen molar-refractivity contribution in [1.29, 1.82) is 0 Å². The average Bonchev–Trinajstić information content (AvgIpc) is 2.91. The maximum Gasteiger partial charge on any atom is 0.262 e. The standard InChI is InChI=1S/C29H23N3O2S/c33-27(32(23-14-6-2-7-15-23)24-16-8-3-9-17-24)21-35-29-30-26-19-11-10-18-25(26)28(34)31(29)20-22-12-4-1-5-13-22/h1-19H,20-21H2. The van der Waals surface area contributed by atoms with Gasteiger partial charge in [0.05, 0.1) is 23.2 Å². The molecule has 0 saturated carbocycles. The van der Waals surface area contributed by atoms with Gasteiger partial charge in [-0.15, -0.1) is 0 Å². The van der Waals surface area contributed by atoms with Gasteiger partial charge in [0.15, 0.2) is 5.16 Å². The highest BCUT2D eigenvalue weighted by atomic mass is 32.2. The third kappa shape index (κ3) is 5.03. The molecular weight excluding hydrogens is 454 g/mol. The number of thioether (sulfide) groups is 1. The second-order valence-corrected chi connectivity index (χ2v) is 8.92. The lowest BCUT2D eigenvalue weighted by Crippen LogP contribution is -2.29. The van der Waals surface area contributed by atoms with Crippen LogP contribution in [0.25, 0.3) is 10.9 Å². The summed E-state index contributed by atoms with van der Waals surface area (Å²) in [6.07, 6.45) is 0. The molecule has 0 spiro atoms. The molecule has 5 aromatic rings. The minimum atomic E-state index is -0.114. The highest BCUT2D eigenvalue weighted by Crippen LogP contribution is 2.27. The van der Waals surface area contributed by atoms with E-state index >= 15 is 0 Å². The van der Waals surface area contributed by atoms with Crippen LogP contribution >= 0.6 is 11.8 Å². The van der Waals surface area contributed by atoms with Crippen molar-refractivity contribution >= 4 is 39.9 Å². The second-order valence-electron chi connectivity index (χ2n) is 7.98. The van der Waals surface area contributed by atoms with E-state index in [1.807, 2.05) is 109 Å². The predicted molar refractivity (Wildman–Crippen MR) is 142 cm³/mol. The molecule has 0 unspecified atom stereocenters. The summed E-state index contributed by atoms with van der Waals surface area (Å²) in [4.78, 5) is 33.4. The number of hydrogen-bond acceptors (Lipinski definition) is 4. The topological polar surface area (TPSA) is 55.2 Å². The lowest BCUT2D eigenvalue weighted by Gasteiger charge is -2.23. The normalized spacial score (nSPS) is 10.9. The van der Waals surface area contributed by atoms with Crippen LogP contribution in [0.15, 0.2) is 125 Å². The number of hydrogen-bond donors (Lipinski definition) is 0. The molecule has 35 heavy (non-hydrogen) atoms. The van der Waals surface area contributed by atoms with Gasteiger partial charge in [-0.2, -0.15) is 0 Å². The summed E-state index contributed by atoms with van der Waals surface area (Å²) in [5.74, 6) is 0.0321. The molecule has 0 aliphatic rings. The lowest BCUT2D eigenvalue weighted by molar-refractivity contribution is -0.115. The first-order chi connectivity index (χ1) is 17.2. The zero-order chi connectivity index (χ0) is 24.0. The van der Waals surface area contributed by atoms with Crippen LogP contribution < -0.4 is 10.5 Å². The van der Waals surface area contributed by atoms with Gasteiger partial charge in [-0.1, -0.05) is 90.6 Å². The molecule has 0 aliphatic carbocycles. The predicted octanol–water partition coefficient (Wildman–Crippen LogP) is 5.90. The molecule has 0 radical (unpaired) electrons. The van der Waals surface area contributed by atoms with Crippen LogP contribution in [0.3, 0.4) is 0 Å². The molecule has 0 N–H and O–H groups in total. The molecule has 0 aliphatic heterocycles. The van der Waals surface area contributed by atoms with Gasteiger partial charge >= 0.3 is 0 Å². The van der Waals surface area contributed by atoms with Crippen LogP contribution in [0.4, 0.5) is 11.4 Å². The van der Waals surface area contributed by atoms with Crippen LogP contribution in [0.2, 0.25) is 0 Å². The number of fused-ring (bicyclic) bond motifs is 1. The second kappa shape index (κ2) is 10.4. The summed E-state index contributed by atoms with van der Waals surface area (Å²) >= 11 is 1.28. The number of nitrogens with zero attached hydrogens (tertiary/aromatic N) is 3. The van der Waals surface area contributed by atoms with Gasteiger partial charge in [0.25, 0.3) is 5.56 Å². The van der Waals surface area contributed by atoms with Crippen LogP contribution in [-0.4, -0.2) is 21.2 Å². The molecule has 172 valence electrons. The number of anilines is 2. The monoisotopic (exact) mass is 477 g/mol. The van der Waals surface area contributed by atoms with E-state index in [0.29, 0.717) is 22.6 Å². The molecule has 1 amide bonds. The van der Waals surface area contributed by atoms with Gasteiger partial charge in [0, 0.05) is 11.4 Å². The molecular formula is C29H23N3O2S. The fourth-order valence-corrected chi connectivity index (χ4v) is 4.79. The van der Waals surface area contributed by atoms with E-state index in [0.717, 1.165) is 16.9 Å². The Morgan fingerprint density at radius 2 is 1.29 bits per heavy atom. The lowest BCUT2D eigenvalue weighted by atomic mass is 10.2. The molecule has 1 aromatic heterocycles. The third-order valence-electron chi connectivity index (χ3n) is 5.61. The Bertz CT molecular complexity index is 1460. The van der Waals surface area contributed by atoms with Crippen molar-refractivity contribution in [2.24, 2.45) is 0 Å². The Kier molecular flexibility index (Phi) is 6.73. The number of amides is 1. The first-order valence-electron chi connectivity index (χ1n) is 11.3. The van der Waals surface area contributed by atoms with Gasteiger partial charge in [0.1, 0.15) is 0 Å². The summed E-state index contributed by atoms with van der Waals surface area (Å²) in [5, 5.41) is 1.08. The van der Waals surface area contributed by atoms with E-state index < -0.39 is 0 Å². The zero-order valence-corrected chi connectivity index (χ0v) is 19.8. The van der Waals surface area contributed by atoms with Gasteiger partial charge in [-0.05, 0) is 42.0 Å². The first kappa shape index (κ1) is 22.6. The Balaban J connectivity index is 1.49. The number of para-hydroxylation sites is 3. The van der Waals surface area contributed by atoms with Gasteiger partial charge < -0.3 is 0 Å². The highest BCUT2D eigenvalue weighted by molar-refractivity contribution is 7.99. The number of carbonyl (C=O) groups excluding carboxylic acids is 1. The molecule has 1 heterocycles. The Morgan fingerprint density at radius 1 is 0.743 bits per heavy atom. The summed E-state index contributed by atoms with van der Waals surface area (Å²) in [6.45, 7) is 0.384. The van der Waals surface area contributed by atoms with E-state index in [1.54, 1.807) is 15.5 Å². The van der Waals surface area contributed by atoms with Gasteiger partial charge in [-0.3, -0.25) is 19.1 Å². The Labute approximate surface area is 207 Å². The largest absolute Gasteiger partial charge is 0.283 e. The minimum Gasteiger partial charge on any atom is -0.283 e. The SMILES string of the molecule is O=C(CSc1nc2ccccc2c(=O)n1Cc1ccccc1)N(c1ccccc1)c1ccccc1. The molecule has 5 nitrogen and oxygen atoms in total. The smallest absolute Gasteiger partial charge is 0.262 e. The third-order valence-corrected chi connectivity index (χ3v) is 6.57. The Morgan fingerprint density at radius 3 is 1.91 bits per heavy atom. The molecule has 0 atom stereocenters. The van der Waals surface area contributed by atoms with Crippen molar-refractivity contribution in [3.8, 4) is 0 Å². The van der Waals surface area contributed by atoms with E-state index in [1.165, 1.54) is 11.8 Å². The van der Waals surface area contributed by atoms with Crippen LogP contribution in [0.5, 0.6) is 0 Å². The van der Waals surface area contributed by atoms with E-state index in [4.69, 9.17) is 4.98 Å². The van der Waals surface area contributed by atoms with Crippen molar-refractivity contribution in [2.45, 2.75) is 11.7 Å². The molecule has 6 heteroatoms. The molecule has 4 aromatic carbocycles. The molecule has 0 fully saturated rings. The average molecular weight is 478 g/mol. The maximum absolute atomic E-state index is 13.5. The fourth-order valence-electron chi connectivity index (χ4n) is 3.95. The van der Waals surface area contributed by atoms with Crippen molar-refractivity contribution in [2.75, 3.05) is 10.7 Å². The minimum absolute atomic E-state index is 0.0962. The molecule has 5 rings (SSSR count). The number of benzene rings is 4. The fraction of sp³-hybridized carbons (Fsp3) is 0.0690. The van der Waals surface area contributed by atoms with Crippen molar-refractivity contribution in [3.05, 3.63) is 131 Å².